The summed E-state index contributed by atoms with van der Waals surface area (Å²) in [5.41, 5.74) is -0.125. The van der Waals surface area contributed by atoms with Crippen molar-refractivity contribution in [2.24, 2.45) is 0 Å². The van der Waals surface area contributed by atoms with E-state index >= 15 is 0 Å². The lowest BCUT2D eigenvalue weighted by molar-refractivity contribution is -0.149. The van der Waals surface area contributed by atoms with E-state index in [2.05, 4.69) is 20.9 Å². The smallest absolute Gasteiger partial charge is 0.406 e. The third kappa shape index (κ3) is 5.25. The Morgan fingerprint density at radius 2 is 2.00 bits per heavy atom. The Morgan fingerprint density at radius 3 is 2.47 bits per heavy atom. The molecule has 0 saturated heterocycles. The molecule has 0 atom stereocenters. The van der Waals surface area contributed by atoms with Gasteiger partial charge in [0.05, 0.1) is 5.56 Å². The average molecular weight is 341 g/mol. The molecular formula is C10H8BrF3N2O3. The molecule has 1 rings (SSSR count). The van der Waals surface area contributed by atoms with Gasteiger partial charge in [0.25, 0.3) is 5.91 Å². The minimum absolute atomic E-state index is 0.125. The van der Waals surface area contributed by atoms with Crippen molar-refractivity contribution in [3.63, 3.8) is 0 Å². The highest BCUT2D eigenvalue weighted by Crippen LogP contribution is 2.19. The van der Waals surface area contributed by atoms with Gasteiger partial charge in [-0.15, -0.1) is 0 Å². The lowest BCUT2D eigenvalue weighted by atomic mass is 10.2. The fourth-order valence-electron chi connectivity index (χ4n) is 1.29. The van der Waals surface area contributed by atoms with Gasteiger partial charge in [0.15, 0.2) is 0 Å². The zero-order chi connectivity index (χ0) is 14.6. The number of aliphatic carboxylic acids is 1. The van der Waals surface area contributed by atoms with E-state index in [-0.39, 0.29) is 10.5 Å². The van der Waals surface area contributed by atoms with E-state index in [1.54, 1.807) is 0 Å². The van der Waals surface area contributed by atoms with E-state index in [1.165, 1.54) is 12.3 Å². The summed E-state index contributed by atoms with van der Waals surface area (Å²) in [6, 6.07) is 1.26. The van der Waals surface area contributed by atoms with Gasteiger partial charge in [-0.05, 0) is 22.0 Å². The van der Waals surface area contributed by atoms with Crippen LogP contribution in [0.1, 0.15) is 10.4 Å². The number of hydrogen-bond donors (Lipinski definition) is 1. The molecule has 19 heavy (non-hydrogen) atoms. The van der Waals surface area contributed by atoms with E-state index in [1.807, 2.05) is 0 Å². The number of rotatable bonds is 4. The molecule has 1 aromatic heterocycles. The van der Waals surface area contributed by atoms with Crippen LogP contribution < -0.4 is 0 Å². The van der Waals surface area contributed by atoms with Gasteiger partial charge in [-0.25, -0.2) is 0 Å². The van der Waals surface area contributed by atoms with Crippen LogP contribution in [0.5, 0.6) is 0 Å². The Morgan fingerprint density at radius 1 is 1.37 bits per heavy atom. The number of hydrogen-bond acceptors (Lipinski definition) is 3. The van der Waals surface area contributed by atoms with E-state index in [9.17, 15) is 22.8 Å². The van der Waals surface area contributed by atoms with Gasteiger partial charge < -0.3 is 10.0 Å². The van der Waals surface area contributed by atoms with E-state index in [4.69, 9.17) is 5.11 Å². The zero-order valence-corrected chi connectivity index (χ0v) is 10.9. The predicted octanol–water partition coefficient (Wildman–Crippen LogP) is 1.93. The fourth-order valence-corrected chi connectivity index (χ4v) is 1.66. The van der Waals surface area contributed by atoms with Crippen molar-refractivity contribution in [3.8, 4) is 0 Å². The molecule has 1 aromatic rings. The van der Waals surface area contributed by atoms with Crippen LogP contribution in [-0.4, -0.2) is 46.1 Å². The Hall–Kier alpha value is -1.64. The maximum atomic E-state index is 12.3. The fraction of sp³-hybridized carbons (Fsp3) is 0.300. The largest absolute Gasteiger partial charge is 0.480 e. The summed E-state index contributed by atoms with van der Waals surface area (Å²) in [5, 5.41) is 8.54. The molecule has 0 aromatic carbocycles. The Labute approximate surface area is 114 Å². The Bertz CT molecular complexity index is 493. The van der Waals surface area contributed by atoms with Crippen LogP contribution in [0.3, 0.4) is 0 Å². The Kier molecular flexibility index (Phi) is 4.87. The minimum Gasteiger partial charge on any atom is -0.480 e. The van der Waals surface area contributed by atoms with Gasteiger partial charge in [0.1, 0.15) is 13.1 Å². The van der Waals surface area contributed by atoms with Crippen LogP contribution in [0.15, 0.2) is 22.9 Å². The maximum absolute atomic E-state index is 12.3. The van der Waals surface area contributed by atoms with Crippen LogP contribution in [-0.2, 0) is 4.79 Å². The molecule has 0 bridgehead atoms. The van der Waals surface area contributed by atoms with Crippen molar-refractivity contribution in [2.45, 2.75) is 6.18 Å². The number of halogens is 4. The SMILES string of the molecule is O=C(O)CN(CC(F)(F)F)C(=O)c1cncc(Br)c1. The number of carboxylic acids is 1. The summed E-state index contributed by atoms with van der Waals surface area (Å²) < 4.78 is 37.3. The average Bonchev–Trinajstić information content (AvgIpc) is 2.24. The standard InChI is InChI=1S/C10H8BrF3N2O3/c11-7-1-6(2-15-3-7)9(19)16(4-8(17)18)5-10(12,13)14/h1-3H,4-5H2,(H,17,18). The first-order valence-corrected chi connectivity index (χ1v) is 5.67. The number of aromatic nitrogens is 1. The number of amides is 1. The molecule has 0 unspecified atom stereocenters. The number of alkyl halides is 3. The lowest BCUT2D eigenvalue weighted by Crippen LogP contribution is -2.42. The van der Waals surface area contributed by atoms with Gasteiger partial charge in [-0.3, -0.25) is 14.6 Å². The molecule has 0 aliphatic rings. The summed E-state index contributed by atoms with van der Waals surface area (Å²) in [7, 11) is 0. The van der Waals surface area contributed by atoms with Crippen LogP contribution in [0.25, 0.3) is 0 Å². The second-order valence-electron chi connectivity index (χ2n) is 3.56. The van der Waals surface area contributed by atoms with E-state index in [0.29, 0.717) is 4.47 Å². The van der Waals surface area contributed by atoms with Gasteiger partial charge in [0.2, 0.25) is 0 Å². The second-order valence-corrected chi connectivity index (χ2v) is 4.48. The van der Waals surface area contributed by atoms with Gasteiger partial charge in [-0.2, -0.15) is 13.2 Å². The third-order valence-electron chi connectivity index (χ3n) is 1.94. The summed E-state index contributed by atoms with van der Waals surface area (Å²) in [5.74, 6) is -2.57. The molecular weight excluding hydrogens is 333 g/mol. The molecule has 9 heteroatoms. The molecule has 1 heterocycles. The van der Waals surface area contributed by atoms with Crippen molar-refractivity contribution >= 4 is 27.8 Å². The van der Waals surface area contributed by atoms with Crippen molar-refractivity contribution in [2.75, 3.05) is 13.1 Å². The van der Waals surface area contributed by atoms with Crippen LogP contribution in [0.4, 0.5) is 13.2 Å². The molecule has 0 fully saturated rings. The minimum atomic E-state index is -4.68. The molecule has 0 aliphatic carbocycles. The third-order valence-corrected chi connectivity index (χ3v) is 2.37. The highest BCUT2D eigenvalue weighted by molar-refractivity contribution is 9.10. The number of carbonyl (C=O) groups excluding carboxylic acids is 1. The zero-order valence-electron chi connectivity index (χ0n) is 9.32. The molecule has 1 N–H and O–H groups in total. The number of nitrogens with zero attached hydrogens (tertiary/aromatic N) is 2. The van der Waals surface area contributed by atoms with Crippen molar-refractivity contribution in [1.29, 1.82) is 0 Å². The summed E-state index contributed by atoms with van der Waals surface area (Å²) in [4.78, 5) is 26.2. The van der Waals surface area contributed by atoms with Crippen LogP contribution in [0.2, 0.25) is 0 Å². The highest BCUT2D eigenvalue weighted by atomic mass is 79.9. The molecule has 0 radical (unpaired) electrons. The molecule has 0 aliphatic heterocycles. The first-order chi connectivity index (χ1) is 8.69. The number of carboxylic acid groups (broad SMARTS) is 1. The van der Waals surface area contributed by atoms with Gasteiger partial charge >= 0.3 is 12.1 Å². The Balaban J connectivity index is 2.97. The van der Waals surface area contributed by atoms with Crippen molar-refractivity contribution in [1.82, 2.24) is 9.88 Å². The summed E-state index contributed by atoms with van der Waals surface area (Å²) in [6.45, 7) is -2.67. The molecule has 0 spiro atoms. The predicted molar refractivity (Wildman–Crippen MR) is 61.5 cm³/mol. The van der Waals surface area contributed by atoms with Gasteiger partial charge in [0, 0.05) is 16.9 Å². The van der Waals surface area contributed by atoms with Gasteiger partial charge in [-0.1, -0.05) is 0 Å². The second kappa shape index (κ2) is 6.00. The first kappa shape index (κ1) is 15.4. The van der Waals surface area contributed by atoms with Crippen molar-refractivity contribution in [3.05, 3.63) is 28.5 Å². The lowest BCUT2D eigenvalue weighted by Gasteiger charge is -2.22. The normalized spacial score (nSPS) is 11.2. The molecule has 1 amide bonds. The van der Waals surface area contributed by atoms with E-state index in [0.717, 1.165) is 6.20 Å². The van der Waals surface area contributed by atoms with Crippen LogP contribution >= 0.6 is 15.9 Å². The molecule has 104 valence electrons. The maximum Gasteiger partial charge on any atom is 0.406 e. The topological polar surface area (TPSA) is 70.5 Å². The number of carbonyl (C=O) groups is 2. The first-order valence-electron chi connectivity index (χ1n) is 4.87. The van der Waals surface area contributed by atoms with Crippen LogP contribution in [0, 0.1) is 0 Å². The number of pyridine rings is 1. The van der Waals surface area contributed by atoms with Crippen molar-refractivity contribution < 1.29 is 27.9 Å². The quantitative estimate of drug-likeness (QED) is 0.909. The summed E-state index contributed by atoms with van der Waals surface area (Å²) in [6.07, 6.45) is -2.26. The monoisotopic (exact) mass is 340 g/mol. The molecule has 0 saturated carbocycles. The molecule has 5 nitrogen and oxygen atoms in total. The highest BCUT2D eigenvalue weighted by Gasteiger charge is 2.34. The summed E-state index contributed by atoms with van der Waals surface area (Å²) >= 11 is 3.02. The van der Waals surface area contributed by atoms with E-state index < -0.39 is 31.1 Å².